The van der Waals surface area contributed by atoms with E-state index in [1.807, 2.05) is 19.9 Å². The van der Waals surface area contributed by atoms with Crippen LogP contribution in [0.2, 0.25) is 0 Å². The van der Waals surface area contributed by atoms with Crippen molar-refractivity contribution in [3.8, 4) is 11.5 Å². The first-order valence-electron chi connectivity index (χ1n) is 5.44. The lowest BCUT2D eigenvalue weighted by Gasteiger charge is -2.20. The van der Waals surface area contributed by atoms with Crippen molar-refractivity contribution in [2.24, 2.45) is 0 Å². The van der Waals surface area contributed by atoms with Crippen LogP contribution in [-0.4, -0.2) is 16.3 Å². The lowest BCUT2D eigenvalue weighted by Crippen LogP contribution is -2.28. The lowest BCUT2D eigenvalue weighted by molar-refractivity contribution is 0.405. The molecule has 0 bridgehead atoms. The predicted octanol–water partition coefficient (Wildman–Crippen LogP) is 2.71. The Morgan fingerprint density at radius 1 is 1.31 bits per heavy atom. The number of aromatic hydroxyl groups is 2. The molecule has 0 aromatic heterocycles. The molecule has 0 heterocycles. The van der Waals surface area contributed by atoms with Gasteiger partial charge < -0.3 is 15.5 Å². The fourth-order valence-electron chi connectivity index (χ4n) is 1.81. The highest BCUT2D eigenvalue weighted by molar-refractivity contribution is 5.44. The minimum Gasteiger partial charge on any atom is -0.507 e. The van der Waals surface area contributed by atoms with Crippen LogP contribution in [0.5, 0.6) is 11.5 Å². The monoisotopic (exact) mass is 221 g/mol. The van der Waals surface area contributed by atoms with Crippen molar-refractivity contribution in [2.45, 2.75) is 32.4 Å². The fourth-order valence-corrected chi connectivity index (χ4v) is 1.81. The molecule has 3 heteroatoms. The summed E-state index contributed by atoms with van der Waals surface area (Å²) in [6.45, 7) is 7.63. The summed E-state index contributed by atoms with van der Waals surface area (Å²) in [6, 6.07) is 4.92. The van der Waals surface area contributed by atoms with E-state index in [1.165, 1.54) is 0 Å². The first kappa shape index (κ1) is 12.6. The fraction of sp³-hybridized carbons (Fsp3) is 0.385. The maximum absolute atomic E-state index is 9.68. The van der Waals surface area contributed by atoms with Crippen molar-refractivity contribution >= 4 is 0 Å². The van der Waals surface area contributed by atoms with Crippen molar-refractivity contribution in [3.63, 3.8) is 0 Å². The SMILES string of the molecule is C=CCC(C)NC(C)c1c(O)cccc1O. The number of phenolic OH excluding ortho intramolecular Hbond substituents is 2. The molecule has 1 aromatic rings. The molecule has 1 rings (SSSR count). The molecule has 1 aromatic carbocycles. The van der Waals surface area contributed by atoms with E-state index in [4.69, 9.17) is 0 Å². The zero-order valence-corrected chi connectivity index (χ0v) is 9.77. The Balaban J connectivity index is 2.79. The van der Waals surface area contributed by atoms with E-state index in [-0.39, 0.29) is 23.6 Å². The molecule has 2 atom stereocenters. The normalized spacial score (nSPS) is 14.4. The maximum atomic E-state index is 9.68. The van der Waals surface area contributed by atoms with E-state index in [1.54, 1.807) is 18.2 Å². The third-order valence-corrected chi connectivity index (χ3v) is 2.55. The minimum atomic E-state index is -0.101. The Morgan fingerprint density at radius 2 is 1.88 bits per heavy atom. The van der Waals surface area contributed by atoms with Crippen LogP contribution in [0.4, 0.5) is 0 Å². The zero-order chi connectivity index (χ0) is 12.1. The van der Waals surface area contributed by atoms with Gasteiger partial charge in [0.2, 0.25) is 0 Å². The smallest absolute Gasteiger partial charge is 0.124 e. The summed E-state index contributed by atoms with van der Waals surface area (Å²) >= 11 is 0. The molecule has 0 spiro atoms. The second-order valence-electron chi connectivity index (χ2n) is 4.02. The van der Waals surface area contributed by atoms with E-state index in [0.717, 1.165) is 6.42 Å². The Morgan fingerprint density at radius 3 is 2.38 bits per heavy atom. The van der Waals surface area contributed by atoms with Crippen LogP contribution in [0.1, 0.15) is 31.9 Å². The number of rotatable bonds is 5. The number of hydrogen-bond acceptors (Lipinski definition) is 3. The number of phenols is 2. The van der Waals surface area contributed by atoms with E-state index < -0.39 is 0 Å². The minimum absolute atomic E-state index is 0.101. The van der Waals surface area contributed by atoms with Gasteiger partial charge in [-0.1, -0.05) is 12.1 Å². The molecule has 3 N–H and O–H groups in total. The zero-order valence-electron chi connectivity index (χ0n) is 9.77. The van der Waals surface area contributed by atoms with E-state index in [9.17, 15) is 10.2 Å². The average molecular weight is 221 g/mol. The summed E-state index contributed by atoms with van der Waals surface area (Å²) < 4.78 is 0. The van der Waals surface area contributed by atoms with Gasteiger partial charge in [-0.2, -0.15) is 0 Å². The third kappa shape index (κ3) is 3.00. The predicted molar refractivity (Wildman–Crippen MR) is 65.6 cm³/mol. The van der Waals surface area contributed by atoms with Crippen LogP contribution in [0.15, 0.2) is 30.9 Å². The third-order valence-electron chi connectivity index (χ3n) is 2.55. The summed E-state index contributed by atoms with van der Waals surface area (Å²) in [5.41, 5.74) is 0.540. The van der Waals surface area contributed by atoms with Gasteiger partial charge in [-0.3, -0.25) is 0 Å². The molecule has 0 amide bonds. The molecule has 88 valence electrons. The second kappa shape index (κ2) is 5.56. The molecule has 0 aliphatic rings. The molecular weight excluding hydrogens is 202 g/mol. The molecule has 0 saturated heterocycles. The summed E-state index contributed by atoms with van der Waals surface area (Å²) in [5.74, 6) is 0.233. The molecule has 16 heavy (non-hydrogen) atoms. The van der Waals surface area contributed by atoms with Crippen molar-refractivity contribution < 1.29 is 10.2 Å². The van der Waals surface area contributed by atoms with Gasteiger partial charge in [-0.15, -0.1) is 6.58 Å². The molecule has 0 aliphatic heterocycles. The largest absolute Gasteiger partial charge is 0.507 e. The van der Waals surface area contributed by atoms with Gasteiger partial charge in [-0.05, 0) is 32.4 Å². The standard InChI is InChI=1S/C13H19NO2/c1-4-6-9(2)14-10(3)13-11(15)7-5-8-12(13)16/h4-5,7-10,14-16H,1,6H2,2-3H3. The molecule has 0 fully saturated rings. The second-order valence-corrected chi connectivity index (χ2v) is 4.02. The number of nitrogens with one attached hydrogen (secondary N) is 1. The van der Waals surface area contributed by atoms with Crippen LogP contribution in [-0.2, 0) is 0 Å². The van der Waals surface area contributed by atoms with E-state index >= 15 is 0 Å². The Kier molecular flexibility index (Phi) is 4.38. The first-order chi connectivity index (χ1) is 7.56. The molecule has 0 aliphatic carbocycles. The summed E-state index contributed by atoms with van der Waals surface area (Å²) in [6.07, 6.45) is 2.69. The highest BCUT2D eigenvalue weighted by Gasteiger charge is 2.15. The van der Waals surface area contributed by atoms with E-state index in [2.05, 4.69) is 11.9 Å². The van der Waals surface area contributed by atoms with Gasteiger partial charge in [0.25, 0.3) is 0 Å². The van der Waals surface area contributed by atoms with Crippen LogP contribution >= 0.6 is 0 Å². The van der Waals surface area contributed by atoms with Crippen molar-refractivity contribution in [1.29, 1.82) is 0 Å². The van der Waals surface area contributed by atoms with Gasteiger partial charge >= 0.3 is 0 Å². The van der Waals surface area contributed by atoms with Gasteiger partial charge in [0.05, 0.1) is 5.56 Å². The lowest BCUT2D eigenvalue weighted by atomic mass is 10.0. The molecule has 2 unspecified atom stereocenters. The summed E-state index contributed by atoms with van der Waals surface area (Å²) in [4.78, 5) is 0. The topological polar surface area (TPSA) is 52.5 Å². The Bertz CT molecular complexity index is 343. The van der Waals surface area contributed by atoms with Crippen LogP contribution in [0, 0.1) is 0 Å². The molecule has 0 saturated carbocycles. The quantitative estimate of drug-likeness (QED) is 0.670. The van der Waals surface area contributed by atoms with Crippen molar-refractivity contribution in [3.05, 3.63) is 36.4 Å². The van der Waals surface area contributed by atoms with Gasteiger partial charge in [0, 0.05) is 12.1 Å². The first-order valence-corrected chi connectivity index (χ1v) is 5.44. The van der Waals surface area contributed by atoms with Crippen molar-refractivity contribution in [2.75, 3.05) is 0 Å². The van der Waals surface area contributed by atoms with Crippen LogP contribution < -0.4 is 5.32 Å². The highest BCUT2D eigenvalue weighted by Crippen LogP contribution is 2.32. The Hall–Kier alpha value is -1.48. The Labute approximate surface area is 96.4 Å². The van der Waals surface area contributed by atoms with E-state index in [0.29, 0.717) is 5.56 Å². The average Bonchev–Trinajstić information content (AvgIpc) is 2.17. The highest BCUT2D eigenvalue weighted by atomic mass is 16.3. The maximum Gasteiger partial charge on any atom is 0.124 e. The number of hydrogen-bond donors (Lipinski definition) is 3. The summed E-state index contributed by atoms with van der Waals surface area (Å²) in [7, 11) is 0. The molecule has 3 nitrogen and oxygen atoms in total. The molecular formula is C13H19NO2. The molecule has 0 radical (unpaired) electrons. The van der Waals surface area contributed by atoms with Crippen LogP contribution in [0.25, 0.3) is 0 Å². The van der Waals surface area contributed by atoms with Crippen LogP contribution in [0.3, 0.4) is 0 Å². The summed E-state index contributed by atoms with van der Waals surface area (Å²) in [5, 5.41) is 22.7. The van der Waals surface area contributed by atoms with Gasteiger partial charge in [-0.25, -0.2) is 0 Å². The van der Waals surface area contributed by atoms with Crippen molar-refractivity contribution in [1.82, 2.24) is 5.32 Å². The van der Waals surface area contributed by atoms with Gasteiger partial charge in [0.15, 0.2) is 0 Å². The number of benzene rings is 1. The van der Waals surface area contributed by atoms with Gasteiger partial charge in [0.1, 0.15) is 11.5 Å².